The molecule has 2 aromatic carbocycles. The molecule has 1 aliphatic rings. The van der Waals surface area contributed by atoms with Crippen LogP contribution in [-0.4, -0.2) is 55.3 Å². The van der Waals surface area contributed by atoms with Crippen molar-refractivity contribution in [2.75, 3.05) is 44.7 Å². The van der Waals surface area contributed by atoms with Crippen LogP contribution in [0.5, 0.6) is 0 Å². The second-order valence-electron chi connectivity index (χ2n) is 10.1. The number of ether oxygens (including phenoxy) is 1. The second kappa shape index (κ2) is 12.1. The van der Waals surface area contributed by atoms with Crippen LogP contribution in [0.3, 0.4) is 0 Å². The molecule has 4 aromatic rings. The summed E-state index contributed by atoms with van der Waals surface area (Å²) in [6.07, 6.45) is 3.03. The highest BCUT2D eigenvalue weighted by Crippen LogP contribution is 2.33. The number of aromatic nitrogens is 1. The van der Waals surface area contributed by atoms with Gasteiger partial charge in [-0.3, -0.25) is 14.3 Å². The molecule has 206 valence electrons. The molecule has 1 saturated heterocycles. The summed E-state index contributed by atoms with van der Waals surface area (Å²) in [5.41, 5.74) is 2.40. The van der Waals surface area contributed by atoms with E-state index in [-0.39, 0.29) is 11.4 Å². The first-order valence-electron chi connectivity index (χ1n) is 13.4. The number of esters is 1. The van der Waals surface area contributed by atoms with Gasteiger partial charge in [0.05, 0.1) is 17.6 Å². The van der Waals surface area contributed by atoms with Crippen molar-refractivity contribution in [2.24, 2.45) is 0 Å². The van der Waals surface area contributed by atoms with Gasteiger partial charge in [-0.15, -0.1) is 11.3 Å². The standard InChI is InChI=1S/C30H33ClFN3O3S/c1-3-4-5-25(30(37)38-2)35-27-16-20(6-7-22(27)24(31)19-29(35)36)8-10-33-11-13-34(14-12-33)26-17-21(32)18-28-23(26)9-15-39-28/h6-7,9,15-19,25H,3-5,8,10-14H2,1-2H3. The zero-order valence-corrected chi connectivity index (χ0v) is 23.9. The van der Waals surface area contributed by atoms with Gasteiger partial charge in [0.1, 0.15) is 11.9 Å². The Hall–Kier alpha value is -2.94. The molecule has 0 amide bonds. The van der Waals surface area contributed by atoms with E-state index in [2.05, 4.69) is 22.8 Å². The maximum Gasteiger partial charge on any atom is 0.328 e. The van der Waals surface area contributed by atoms with Gasteiger partial charge in [0.2, 0.25) is 0 Å². The molecule has 3 heterocycles. The molecule has 39 heavy (non-hydrogen) atoms. The van der Waals surface area contributed by atoms with E-state index in [1.807, 2.05) is 23.6 Å². The van der Waals surface area contributed by atoms with Crippen molar-refractivity contribution in [2.45, 2.75) is 38.6 Å². The van der Waals surface area contributed by atoms with Crippen LogP contribution < -0.4 is 10.5 Å². The van der Waals surface area contributed by atoms with Crippen molar-refractivity contribution in [3.8, 4) is 0 Å². The third-order valence-electron chi connectivity index (χ3n) is 7.63. The number of hydrogen-bond donors (Lipinski definition) is 0. The van der Waals surface area contributed by atoms with Gasteiger partial charge in [-0.25, -0.2) is 9.18 Å². The number of carbonyl (C=O) groups is 1. The van der Waals surface area contributed by atoms with E-state index in [4.69, 9.17) is 16.3 Å². The predicted molar refractivity (Wildman–Crippen MR) is 158 cm³/mol. The quantitative estimate of drug-likeness (QED) is 0.222. The van der Waals surface area contributed by atoms with E-state index in [9.17, 15) is 14.0 Å². The molecule has 0 aliphatic carbocycles. The number of thiophene rings is 1. The Kier molecular flexibility index (Phi) is 8.54. The Morgan fingerprint density at radius 2 is 1.90 bits per heavy atom. The minimum atomic E-state index is -0.692. The average molecular weight is 570 g/mol. The van der Waals surface area contributed by atoms with Crippen molar-refractivity contribution < 1.29 is 13.9 Å². The van der Waals surface area contributed by atoms with Gasteiger partial charge in [0.15, 0.2) is 0 Å². The maximum atomic E-state index is 14.2. The number of anilines is 1. The van der Waals surface area contributed by atoms with E-state index in [0.717, 1.165) is 78.7 Å². The number of benzene rings is 2. The summed E-state index contributed by atoms with van der Waals surface area (Å²) in [4.78, 5) is 30.4. The number of hydrogen-bond acceptors (Lipinski definition) is 6. The van der Waals surface area contributed by atoms with Gasteiger partial charge in [-0.05, 0) is 48.1 Å². The Morgan fingerprint density at radius 3 is 2.64 bits per heavy atom. The summed E-state index contributed by atoms with van der Waals surface area (Å²) in [6, 6.07) is 12.0. The van der Waals surface area contributed by atoms with E-state index >= 15 is 0 Å². The van der Waals surface area contributed by atoms with E-state index in [1.165, 1.54) is 13.2 Å². The maximum absolute atomic E-state index is 14.2. The molecule has 6 nitrogen and oxygen atoms in total. The van der Waals surface area contributed by atoms with Crippen molar-refractivity contribution in [3.05, 3.63) is 74.6 Å². The highest BCUT2D eigenvalue weighted by molar-refractivity contribution is 7.17. The molecule has 0 N–H and O–H groups in total. The van der Waals surface area contributed by atoms with Crippen LogP contribution in [0.1, 0.15) is 37.8 Å². The number of unbranched alkanes of at least 4 members (excludes halogenated alkanes) is 1. The third-order valence-corrected chi connectivity index (χ3v) is 8.80. The fraction of sp³-hybridized carbons (Fsp3) is 0.400. The van der Waals surface area contributed by atoms with Crippen molar-refractivity contribution >= 4 is 55.6 Å². The Labute approximate surface area is 236 Å². The van der Waals surface area contributed by atoms with Crippen LogP contribution >= 0.6 is 22.9 Å². The van der Waals surface area contributed by atoms with Crippen LogP contribution in [0.4, 0.5) is 10.1 Å². The first-order chi connectivity index (χ1) is 18.9. The lowest BCUT2D eigenvalue weighted by atomic mass is 10.0. The molecule has 9 heteroatoms. The highest BCUT2D eigenvalue weighted by atomic mass is 35.5. The smallest absolute Gasteiger partial charge is 0.328 e. The van der Waals surface area contributed by atoms with E-state index in [0.29, 0.717) is 17.0 Å². The van der Waals surface area contributed by atoms with Crippen molar-refractivity contribution in [3.63, 3.8) is 0 Å². The molecule has 0 spiro atoms. The third kappa shape index (κ3) is 5.83. The summed E-state index contributed by atoms with van der Waals surface area (Å²) in [6.45, 7) is 6.34. The largest absolute Gasteiger partial charge is 0.467 e. The minimum absolute atomic E-state index is 0.193. The number of methoxy groups -OCH3 is 1. The lowest BCUT2D eigenvalue weighted by molar-refractivity contribution is -0.144. The van der Waals surface area contributed by atoms with Gasteiger partial charge < -0.3 is 9.64 Å². The minimum Gasteiger partial charge on any atom is -0.467 e. The Balaban J connectivity index is 1.32. The summed E-state index contributed by atoms with van der Waals surface area (Å²) < 4.78 is 21.8. The summed E-state index contributed by atoms with van der Waals surface area (Å²) in [7, 11) is 1.35. The Morgan fingerprint density at radius 1 is 1.10 bits per heavy atom. The lowest BCUT2D eigenvalue weighted by Gasteiger charge is -2.36. The number of fused-ring (bicyclic) bond motifs is 2. The molecule has 1 fully saturated rings. The zero-order chi connectivity index (χ0) is 27.5. The number of carbonyl (C=O) groups excluding carboxylic acids is 1. The zero-order valence-electron chi connectivity index (χ0n) is 22.3. The SMILES string of the molecule is CCCCC(C(=O)OC)n1c(=O)cc(Cl)c2ccc(CCN3CCN(c4cc(F)cc5sccc45)CC3)cc21. The fourth-order valence-corrected chi connectivity index (χ4v) is 6.58. The monoisotopic (exact) mass is 569 g/mol. The molecule has 2 aromatic heterocycles. The van der Waals surface area contributed by atoms with E-state index in [1.54, 1.807) is 28.0 Å². The van der Waals surface area contributed by atoms with Gasteiger partial charge >= 0.3 is 5.97 Å². The molecule has 0 radical (unpaired) electrons. The van der Waals surface area contributed by atoms with Crippen LogP contribution in [0.2, 0.25) is 5.02 Å². The lowest BCUT2D eigenvalue weighted by Crippen LogP contribution is -2.47. The molecule has 1 atom stereocenters. The number of halogens is 2. The van der Waals surface area contributed by atoms with Crippen LogP contribution in [-0.2, 0) is 16.0 Å². The number of nitrogens with zero attached hydrogens (tertiary/aromatic N) is 3. The van der Waals surface area contributed by atoms with E-state index < -0.39 is 12.0 Å². The topological polar surface area (TPSA) is 54.8 Å². The Bertz CT molecular complexity index is 1540. The van der Waals surface area contributed by atoms with Crippen LogP contribution in [0, 0.1) is 5.82 Å². The van der Waals surface area contributed by atoms with Gasteiger partial charge in [-0.1, -0.05) is 43.5 Å². The average Bonchev–Trinajstić information content (AvgIpc) is 3.41. The van der Waals surface area contributed by atoms with Crippen LogP contribution in [0.15, 0.2) is 52.6 Å². The molecule has 0 bridgehead atoms. The fourth-order valence-electron chi connectivity index (χ4n) is 5.50. The molecule has 1 aliphatic heterocycles. The summed E-state index contributed by atoms with van der Waals surface area (Å²) >= 11 is 8.01. The van der Waals surface area contributed by atoms with Gasteiger partial charge in [-0.2, -0.15) is 0 Å². The number of piperazine rings is 1. The van der Waals surface area contributed by atoms with Crippen molar-refractivity contribution in [1.29, 1.82) is 0 Å². The highest BCUT2D eigenvalue weighted by Gasteiger charge is 2.25. The van der Waals surface area contributed by atoms with Crippen molar-refractivity contribution in [1.82, 2.24) is 9.47 Å². The molecule has 0 saturated carbocycles. The van der Waals surface area contributed by atoms with Gasteiger partial charge in [0, 0.05) is 59.9 Å². The number of pyridine rings is 1. The summed E-state index contributed by atoms with van der Waals surface area (Å²) in [5, 5.41) is 4.25. The van der Waals surface area contributed by atoms with Gasteiger partial charge in [0.25, 0.3) is 5.56 Å². The second-order valence-corrected chi connectivity index (χ2v) is 11.4. The summed E-state index contributed by atoms with van der Waals surface area (Å²) in [5.74, 6) is -0.614. The molecular weight excluding hydrogens is 537 g/mol. The first-order valence-corrected chi connectivity index (χ1v) is 14.7. The molecular formula is C30H33ClFN3O3S. The molecule has 5 rings (SSSR count). The predicted octanol–water partition coefficient (Wildman–Crippen LogP) is 6.28. The number of rotatable bonds is 9. The first kappa shape index (κ1) is 27.6. The molecule has 1 unspecified atom stereocenters. The van der Waals surface area contributed by atoms with Crippen LogP contribution in [0.25, 0.3) is 21.0 Å². The normalized spacial score (nSPS) is 15.2.